The summed E-state index contributed by atoms with van der Waals surface area (Å²) in [5, 5.41) is 0. The summed E-state index contributed by atoms with van der Waals surface area (Å²) < 4.78 is 43.0. The first kappa shape index (κ1) is 17.2. The van der Waals surface area contributed by atoms with Crippen molar-refractivity contribution in [1.82, 2.24) is 0 Å². The van der Waals surface area contributed by atoms with Crippen molar-refractivity contribution in [3.8, 4) is 5.75 Å². The number of rotatable bonds is 5. The van der Waals surface area contributed by atoms with Gasteiger partial charge >= 0.3 is 6.18 Å². The zero-order valence-corrected chi connectivity index (χ0v) is 13.4. The second-order valence-electron chi connectivity index (χ2n) is 5.61. The van der Waals surface area contributed by atoms with E-state index >= 15 is 0 Å². The number of ether oxygens (including phenoxy) is 1. The molecule has 0 aliphatic heterocycles. The summed E-state index contributed by atoms with van der Waals surface area (Å²) in [6.07, 6.45) is -4.30. The number of anilines is 1. The first-order valence-electron chi connectivity index (χ1n) is 7.38. The molecule has 0 saturated heterocycles. The summed E-state index contributed by atoms with van der Waals surface area (Å²) in [5.74, 6) is 0.770. The Morgan fingerprint density at radius 2 is 1.52 bits per heavy atom. The van der Waals surface area contributed by atoms with Gasteiger partial charge in [0.2, 0.25) is 0 Å². The van der Waals surface area contributed by atoms with E-state index in [1.807, 2.05) is 38.1 Å². The first-order valence-corrected chi connectivity index (χ1v) is 7.38. The molecule has 0 heterocycles. The van der Waals surface area contributed by atoms with E-state index < -0.39 is 11.7 Å². The maximum atomic E-state index is 12.6. The van der Waals surface area contributed by atoms with E-state index in [0.717, 1.165) is 29.1 Å². The van der Waals surface area contributed by atoms with E-state index in [2.05, 4.69) is 4.90 Å². The van der Waals surface area contributed by atoms with Gasteiger partial charge in [0.25, 0.3) is 0 Å². The van der Waals surface area contributed by atoms with E-state index in [0.29, 0.717) is 6.54 Å². The fraction of sp³-hybridized carbons (Fsp3) is 0.333. The van der Waals surface area contributed by atoms with Crippen molar-refractivity contribution < 1.29 is 17.9 Å². The molecule has 2 rings (SSSR count). The van der Waals surface area contributed by atoms with Crippen LogP contribution >= 0.6 is 0 Å². The predicted molar refractivity (Wildman–Crippen MR) is 85.8 cm³/mol. The van der Waals surface area contributed by atoms with Gasteiger partial charge in [0.05, 0.1) is 12.7 Å². The second kappa shape index (κ2) is 6.94. The van der Waals surface area contributed by atoms with Crippen molar-refractivity contribution >= 4 is 5.69 Å². The topological polar surface area (TPSA) is 12.5 Å². The highest BCUT2D eigenvalue weighted by Gasteiger charge is 2.30. The highest BCUT2D eigenvalue weighted by Crippen LogP contribution is 2.30. The summed E-state index contributed by atoms with van der Waals surface area (Å²) in [6.45, 7) is 4.64. The number of hydrogen-bond donors (Lipinski definition) is 0. The molecule has 0 fully saturated rings. The third-order valence-electron chi connectivity index (χ3n) is 3.66. The minimum absolute atomic E-state index is 0.214. The fourth-order valence-corrected chi connectivity index (χ4v) is 2.34. The van der Waals surface area contributed by atoms with Crippen LogP contribution in [0.25, 0.3) is 0 Å². The smallest absolute Gasteiger partial charge is 0.416 e. The van der Waals surface area contributed by atoms with Gasteiger partial charge in [0.1, 0.15) is 5.75 Å². The molecule has 23 heavy (non-hydrogen) atoms. The average Bonchev–Trinajstić information content (AvgIpc) is 2.52. The molecule has 0 bridgehead atoms. The molecule has 0 unspecified atom stereocenters. The largest absolute Gasteiger partial charge is 0.497 e. The predicted octanol–water partition coefficient (Wildman–Crippen LogP) is 5.13. The van der Waals surface area contributed by atoms with Crippen molar-refractivity contribution in [3.05, 3.63) is 59.7 Å². The van der Waals surface area contributed by atoms with Crippen LogP contribution in [-0.4, -0.2) is 13.2 Å². The summed E-state index contributed by atoms with van der Waals surface area (Å²) in [5.41, 5.74) is 1.21. The molecule has 0 N–H and O–H groups in total. The average molecular weight is 323 g/mol. The van der Waals surface area contributed by atoms with E-state index in [1.54, 1.807) is 7.11 Å². The lowest BCUT2D eigenvalue weighted by Crippen LogP contribution is -2.30. The number of alkyl halides is 3. The number of benzene rings is 2. The molecule has 2 aromatic carbocycles. The highest BCUT2D eigenvalue weighted by molar-refractivity contribution is 5.50. The fourth-order valence-electron chi connectivity index (χ4n) is 2.34. The van der Waals surface area contributed by atoms with Gasteiger partial charge in [-0.15, -0.1) is 0 Å². The number of halogens is 3. The summed E-state index contributed by atoms with van der Waals surface area (Å²) in [4.78, 5) is 2.13. The molecule has 5 heteroatoms. The SMILES string of the molecule is COc1ccc(N(Cc2ccc(C(F)(F)F)cc2)C(C)C)cc1. The van der Waals surface area contributed by atoms with E-state index in [-0.39, 0.29) is 6.04 Å². The molecule has 0 amide bonds. The molecule has 0 aromatic heterocycles. The van der Waals surface area contributed by atoms with Crippen LogP contribution in [0.3, 0.4) is 0 Å². The van der Waals surface area contributed by atoms with Gasteiger partial charge in [-0.25, -0.2) is 0 Å². The monoisotopic (exact) mass is 323 g/mol. The number of hydrogen-bond acceptors (Lipinski definition) is 2. The molecule has 0 aliphatic carbocycles. The van der Waals surface area contributed by atoms with Crippen LogP contribution in [-0.2, 0) is 12.7 Å². The van der Waals surface area contributed by atoms with Crippen molar-refractivity contribution in [3.63, 3.8) is 0 Å². The van der Waals surface area contributed by atoms with E-state index in [1.165, 1.54) is 12.1 Å². The molecular formula is C18H20F3NO. The van der Waals surface area contributed by atoms with Gasteiger partial charge in [0.15, 0.2) is 0 Å². The highest BCUT2D eigenvalue weighted by atomic mass is 19.4. The molecule has 0 spiro atoms. The van der Waals surface area contributed by atoms with Crippen LogP contribution in [0.2, 0.25) is 0 Å². The van der Waals surface area contributed by atoms with Crippen LogP contribution < -0.4 is 9.64 Å². The Morgan fingerprint density at radius 3 is 1.96 bits per heavy atom. The lowest BCUT2D eigenvalue weighted by atomic mass is 10.1. The van der Waals surface area contributed by atoms with Crippen LogP contribution in [0.5, 0.6) is 5.75 Å². The third kappa shape index (κ3) is 4.41. The Morgan fingerprint density at radius 1 is 0.957 bits per heavy atom. The second-order valence-corrected chi connectivity index (χ2v) is 5.61. The van der Waals surface area contributed by atoms with E-state index in [4.69, 9.17) is 4.74 Å². The van der Waals surface area contributed by atoms with Crippen molar-refractivity contribution in [2.45, 2.75) is 32.6 Å². The molecular weight excluding hydrogens is 303 g/mol. The van der Waals surface area contributed by atoms with Crippen LogP contribution in [0, 0.1) is 0 Å². The Balaban J connectivity index is 2.19. The Bertz CT molecular complexity index is 618. The minimum atomic E-state index is -4.30. The normalized spacial score (nSPS) is 11.6. The van der Waals surface area contributed by atoms with Gasteiger partial charge in [0, 0.05) is 18.3 Å². The maximum Gasteiger partial charge on any atom is 0.416 e. The van der Waals surface area contributed by atoms with Crippen LogP contribution in [0.15, 0.2) is 48.5 Å². The molecule has 0 radical (unpaired) electrons. The van der Waals surface area contributed by atoms with Gasteiger partial charge in [-0.2, -0.15) is 13.2 Å². The van der Waals surface area contributed by atoms with Gasteiger partial charge < -0.3 is 9.64 Å². The Hall–Kier alpha value is -2.17. The maximum absolute atomic E-state index is 12.6. The van der Waals surface area contributed by atoms with Crippen molar-refractivity contribution in [1.29, 1.82) is 0 Å². The van der Waals surface area contributed by atoms with Crippen LogP contribution in [0.1, 0.15) is 25.0 Å². The van der Waals surface area contributed by atoms with E-state index in [9.17, 15) is 13.2 Å². The summed E-state index contributed by atoms with van der Waals surface area (Å²) >= 11 is 0. The zero-order valence-electron chi connectivity index (χ0n) is 13.4. The van der Waals surface area contributed by atoms with Gasteiger partial charge in [-0.05, 0) is 55.8 Å². The summed E-state index contributed by atoms with van der Waals surface area (Å²) in [7, 11) is 1.61. The molecule has 124 valence electrons. The molecule has 0 aliphatic rings. The standard InChI is InChI=1S/C18H20F3NO/c1-13(2)22(16-8-10-17(23-3)11-9-16)12-14-4-6-15(7-5-14)18(19,20)21/h4-11,13H,12H2,1-3H3. The van der Waals surface area contributed by atoms with Crippen molar-refractivity contribution in [2.24, 2.45) is 0 Å². The third-order valence-corrected chi connectivity index (χ3v) is 3.66. The summed E-state index contributed by atoms with van der Waals surface area (Å²) in [6, 6.07) is 13.2. The lowest BCUT2D eigenvalue weighted by Gasteiger charge is -2.29. The lowest BCUT2D eigenvalue weighted by molar-refractivity contribution is -0.137. The van der Waals surface area contributed by atoms with Gasteiger partial charge in [-0.3, -0.25) is 0 Å². The first-order chi connectivity index (χ1) is 10.8. The Kier molecular flexibility index (Phi) is 5.19. The van der Waals surface area contributed by atoms with Crippen molar-refractivity contribution in [2.75, 3.05) is 12.0 Å². The minimum Gasteiger partial charge on any atom is -0.497 e. The molecule has 2 nitrogen and oxygen atoms in total. The molecule has 2 aromatic rings. The quantitative estimate of drug-likeness (QED) is 0.756. The van der Waals surface area contributed by atoms with Gasteiger partial charge in [-0.1, -0.05) is 12.1 Å². The number of nitrogens with zero attached hydrogens (tertiary/aromatic N) is 1. The molecule has 0 atom stereocenters. The Labute approximate surface area is 134 Å². The number of methoxy groups -OCH3 is 1. The van der Waals surface area contributed by atoms with Crippen LogP contribution in [0.4, 0.5) is 18.9 Å². The molecule has 0 saturated carbocycles. The zero-order chi connectivity index (χ0) is 17.0.